The van der Waals surface area contributed by atoms with Crippen LogP contribution in [0.4, 0.5) is 5.82 Å². The second-order valence-corrected chi connectivity index (χ2v) is 6.07. The summed E-state index contributed by atoms with van der Waals surface area (Å²) in [5.74, 6) is 0.107. The lowest BCUT2D eigenvalue weighted by molar-refractivity contribution is -0.124. The molecule has 0 saturated heterocycles. The molecule has 21 heavy (non-hydrogen) atoms. The first kappa shape index (κ1) is 16.9. The molecule has 3 N–H and O–H groups in total. The van der Waals surface area contributed by atoms with Gasteiger partial charge in [-0.2, -0.15) is 0 Å². The number of anilines is 1. The smallest absolute Gasteiger partial charge is 0.252 e. The number of carbonyl (C=O) groups is 2. The summed E-state index contributed by atoms with van der Waals surface area (Å²) in [6.45, 7) is 9.15. The molecule has 2 amide bonds. The van der Waals surface area contributed by atoms with Crippen molar-refractivity contribution in [3.05, 3.63) is 23.4 Å². The second-order valence-electron chi connectivity index (χ2n) is 6.07. The molecule has 0 fully saturated rings. The summed E-state index contributed by atoms with van der Waals surface area (Å²) in [7, 11) is 1.74. The number of carbonyl (C=O) groups excluding carboxylic acids is 2. The Bertz CT molecular complexity index is 535. The van der Waals surface area contributed by atoms with Gasteiger partial charge in [0.05, 0.1) is 0 Å². The summed E-state index contributed by atoms with van der Waals surface area (Å²) in [4.78, 5) is 28.4. The quantitative estimate of drug-likeness (QED) is 0.784. The number of nitrogens with zero attached hydrogens (tertiary/aromatic N) is 1. The Labute approximate surface area is 125 Å². The van der Waals surface area contributed by atoms with Crippen molar-refractivity contribution in [3.8, 4) is 0 Å². The fraction of sp³-hybridized carbons (Fsp3) is 0.533. The molecule has 0 aliphatic rings. The van der Waals surface area contributed by atoms with E-state index in [-0.39, 0.29) is 17.4 Å². The predicted octanol–water partition coefficient (Wildman–Crippen LogP) is 1.46. The van der Waals surface area contributed by atoms with Crippen molar-refractivity contribution in [3.63, 3.8) is 0 Å². The van der Waals surface area contributed by atoms with Crippen molar-refractivity contribution in [2.45, 2.75) is 46.2 Å². The zero-order valence-electron chi connectivity index (χ0n) is 13.5. The Kier molecular flexibility index (Phi) is 5.29. The van der Waals surface area contributed by atoms with Gasteiger partial charge in [0.1, 0.15) is 11.9 Å². The third kappa shape index (κ3) is 5.41. The molecular weight excluding hydrogens is 268 g/mol. The highest BCUT2D eigenvalue weighted by Gasteiger charge is 2.21. The Balaban J connectivity index is 2.77. The first-order valence-corrected chi connectivity index (χ1v) is 6.91. The van der Waals surface area contributed by atoms with Crippen molar-refractivity contribution in [2.24, 2.45) is 0 Å². The number of nitrogens with one attached hydrogen (secondary N) is 3. The molecule has 1 heterocycles. The molecule has 116 valence electrons. The summed E-state index contributed by atoms with van der Waals surface area (Å²) in [5, 5.41) is 8.42. The Morgan fingerprint density at radius 2 is 1.86 bits per heavy atom. The van der Waals surface area contributed by atoms with E-state index >= 15 is 0 Å². The lowest BCUT2D eigenvalue weighted by atomic mass is 10.1. The zero-order chi connectivity index (χ0) is 16.2. The van der Waals surface area contributed by atoms with Gasteiger partial charge in [0.2, 0.25) is 5.91 Å². The van der Waals surface area contributed by atoms with E-state index in [2.05, 4.69) is 20.9 Å². The van der Waals surface area contributed by atoms with Crippen LogP contribution in [0, 0.1) is 6.92 Å². The number of rotatable bonds is 4. The zero-order valence-corrected chi connectivity index (χ0v) is 13.5. The molecule has 1 atom stereocenters. The van der Waals surface area contributed by atoms with Crippen LogP contribution in [0.2, 0.25) is 0 Å². The molecule has 1 aromatic heterocycles. The van der Waals surface area contributed by atoms with Gasteiger partial charge in [-0.1, -0.05) is 0 Å². The van der Waals surface area contributed by atoms with E-state index in [1.807, 2.05) is 27.7 Å². The lowest BCUT2D eigenvalue weighted by Crippen LogP contribution is -2.50. The van der Waals surface area contributed by atoms with Gasteiger partial charge in [0, 0.05) is 23.8 Å². The van der Waals surface area contributed by atoms with Gasteiger partial charge < -0.3 is 16.0 Å². The van der Waals surface area contributed by atoms with E-state index in [0.29, 0.717) is 11.4 Å². The maximum absolute atomic E-state index is 12.2. The Morgan fingerprint density at radius 1 is 1.24 bits per heavy atom. The molecule has 0 spiro atoms. The average Bonchev–Trinajstić information content (AvgIpc) is 2.35. The van der Waals surface area contributed by atoms with Crippen LogP contribution < -0.4 is 16.0 Å². The highest BCUT2D eigenvalue weighted by atomic mass is 16.2. The van der Waals surface area contributed by atoms with Crippen molar-refractivity contribution in [1.29, 1.82) is 0 Å². The highest BCUT2D eigenvalue weighted by molar-refractivity contribution is 5.98. The van der Waals surface area contributed by atoms with Crippen molar-refractivity contribution < 1.29 is 9.59 Å². The molecule has 1 aromatic rings. The monoisotopic (exact) mass is 292 g/mol. The minimum atomic E-state index is -0.608. The SMILES string of the molecule is CNc1cc(C(=O)NC(C)C(=O)NC(C)(C)C)cc(C)n1. The fourth-order valence-corrected chi connectivity index (χ4v) is 1.75. The van der Waals surface area contributed by atoms with Crippen LogP contribution in [0.3, 0.4) is 0 Å². The minimum Gasteiger partial charge on any atom is -0.373 e. The van der Waals surface area contributed by atoms with Crippen LogP contribution in [0.1, 0.15) is 43.7 Å². The topological polar surface area (TPSA) is 83.1 Å². The molecule has 1 rings (SSSR count). The van der Waals surface area contributed by atoms with E-state index in [1.54, 1.807) is 26.1 Å². The van der Waals surface area contributed by atoms with Gasteiger partial charge in [-0.25, -0.2) is 4.98 Å². The molecule has 0 saturated carbocycles. The largest absolute Gasteiger partial charge is 0.373 e. The number of aryl methyl sites for hydroxylation is 1. The molecule has 0 aromatic carbocycles. The molecule has 6 nitrogen and oxygen atoms in total. The van der Waals surface area contributed by atoms with E-state index in [9.17, 15) is 9.59 Å². The Hall–Kier alpha value is -2.11. The second kappa shape index (κ2) is 6.56. The lowest BCUT2D eigenvalue weighted by Gasteiger charge is -2.23. The Morgan fingerprint density at radius 3 is 2.38 bits per heavy atom. The van der Waals surface area contributed by atoms with Crippen LogP contribution in [-0.2, 0) is 4.79 Å². The van der Waals surface area contributed by atoms with Gasteiger partial charge in [-0.05, 0) is 46.8 Å². The number of pyridine rings is 1. The summed E-state index contributed by atoms with van der Waals surface area (Å²) in [6, 6.07) is 2.73. The summed E-state index contributed by atoms with van der Waals surface area (Å²) < 4.78 is 0. The maximum Gasteiger partial charge on any atom is 0.252 e. The molecular formula is C15H24N4O2. The van der Waals surface area contributed by atoms with Gasteiger partial charge in [-0.3, -0.25) is 9.59 Å². The summed E-state index contributed by atoms with van der Waals surface area (Å²) >= 11 is 0. The summed E-state index contributed by atoms with van der Waals surface area (Å²) in [6.07, 6.45) is 0. The van der Waals surface area contributed by atoms with E-state index < -0.39 is 6.04 Å². The van der Waals surface area contributed by atoms with Crippen molar-refractivity contribution in [2.75, 3.05) is 12.4 Å². The molecule has 1 unspecified atom stereocenters. The van der Waals surface area contributed by atoms with Crippen LogP contribution in [0.5, 0.6) is 0 Å². The molecule has 0 bridgehead atoms. The number of aromatic nitrogens is 1. The molecule has 0 aliphatic heterocycles. The van der Waals surface area contributed by atoms with Crippen LogP contribution in [-0.4, -0.2) is 35.4 Å². The van der Waals surface area contributed by atoms with Gasteiger partial charge in [-0.15, -0.1) is 0 Å². The van der Waals surface area contributed by atoms with Gasteiger partial charge >= 0.3 is 0 Å². The normalized spacial score (nSPS) is 12.5. The van der Waals surface area contributed by atoms with Gasteiger partial charge in [0.25, 0.3) is 5.91 Å². The average molecular weight is 292 g/mol. The number of amides is 2. The van der Waals surface area contributed by atoms with E-state index in [0.717, 1.165) is 5.69 Å². The van der Waals surface area contributed by atoms with E-state index in [1.165, 1.54) is 0 Å². The summed E-state index contributed by atoms with van der Waals surface area (Å²) in [5.41, 5.74) is 0.879. The van der Waals surface area contributed by atoms with Crippen molar-refractivity contribution >= 4 is 17.6 Å². The maximum atomic E-state index is 12.2. The molecule has 0 radical (unpaired) electrons. The third-order valence-electron chi connectivity index (χ3n) is 2.71. The standard InChI is InChI=1S/C15H24N4O2/c1-9-7-11(8-12(16-6)17-9)14(21)18-10(2)13(20)19-15(3,4)5/h7-8,10H,1-6H3,(H,16,17)(H,18,21)(H,19,20). The van der Waals surface area contributed by atoms with Crippen LogP contribution in [0.15, 0.2) is 12.1 Å². The molecule has 6 heteroatoms. The number of hydrogen-bond acceptors (Lipinski definition) is 4. The first-order valence-electron chi connectivity index (χ1n) is 6.91. The predicted molar refractivity (Wildman–Crippen MR) is 83.3 cm³/mol. The van der Waals surface area contributed by atoms with Crippen molar-refractivity contribution in [1.82, 2.24) is 15.6 Å². The first-order chi connectivity index (χ1) is 9.62. The molecule has 0 aliphatic carbocycles. The van der Waals surface area contributed by atoms with E-state index in [4.69, 9.17) is 0 Å². The highest BCUT2D eigenvalue weighted by Crippen LogP contribution is 2.10. The minimum absolute atomic E-state index is 0.213. The van der Waals surface area contributed by atoms with Crippen LogP contribution in [0.25, 0.3) is 0 Å². The number of hydrogen-bond donors (Lipinski definition) is 3. The van der Waals surface area contributed by atoms with Gasteiger partial charge in [0.15, 0.2) is 0 Å². The van der Waals surface area contributed by atoms with Crippen LogP contribution >= 0.6 is 0 Å². The fourth-order valence-electron chi connectivity index (χ4n) is 1.75. The third-order valence-corrected chi connectivity index (χ3v) is 2.71.